The third kappa shape index (κ3) is 18.3. The maximum Gasteiger partial charge on any atom is 0.326 e. The first-order valence-corrected chi connectivity index (χ1v) is 19.6. The lowest BCUT2D eigenvalue weighted by Gasteiger charge is -2.29. The summed E-state index contributed by atoms with van der Waals surface area (Å²) in [6, 6.07) is 11.7. The lowest BCUT2D eigenvalue weighted by Crippen LogP contribution is -2.60. The molecule has 0 aliphatic carbocycles. The van der Waals surface area contributed by atoms with Crippen molar-refractivity contribution in [2.45, 2.75) is 91.0 Å². The molecule has 0 heterocycles. The van der Waals surface area contributed by atoms with Gasteiger partial charge in [0, 0.05) is 25.0 Å². The minimum absolute atomic E-state index is 0.00240. The lowest BCUT2D eigenvalue weighted by molar-refractivity contribution is -0.141. The van der Waals surface area contributed by atoms with Crippen LogP contribution in [0.3, 0.4) is 0 Å². The predicted octanol–water partition coefficient (Wildman–Crippen LogP) is -0.388. The quantitative estimate of drug-likeness (QED) is 0.0618. The maximum absolute atomic E-state index is 13.8. The Morgan fingerprint density at radius 1 is 0.550 bits per heavy atom. The van der Waals surface area contributed by atoms with E-state index in [4.69, 9.17) is 5.73 Å². The number of hydrogen-bond acceptors (Lipinski definition) is 9. The molecule has 0 aromatic heterocycles. The van der Waals surface area contributed by atoms with Gasteiger partial charge in [0.1, 0.15) is 30.2 Å². The normalized spacial score (nSPS) is 13.6. The Morgan fingerprint density at radius 3 is 1.53 bits per heavy atom. The van der Waals surface area contributed by atoms with Gasteiger partial charge in [-0.1, -0.05) is 102 Å². The summed E-state index contributed by atoms with van der Waals surface area (Å²) in [5.74, 6) is -8.03. The van der Waals surface area contributed by atoms with E-state index in [-0.39, 0.29) is 31.1 Å². The molecule has 2 aromatic carbocycles. The van der Waals surface area contributed by atoms with E-state index >= 15 is 0 Å². The first kappa shape index (κ1) is 49.6. The fraction of sp³-hybridized carbons (Fsp3) is 0.452. The Balaban J connectivity index is 2.06. The van der Waals surface area contributed by atoms with Gasteiger partial charge in [0.2, 0.25) is 47.3 Å². The first-order chi connectivity index (χ1) is 28.3. The van der Waals surface area contributed by atoms with Crippen LogP contribution in [0.2, 0.25) is 0 Å². The molecule has 0 aliphatic heterocycles. The minimum Gasteiger partial charge on any atom is -0.480 e. The van der Waals surface area contributed by atoms with Gasteiger partial charge in [0.05, 0.1) is 13.1 Å². The summed E-state index contributed by atoms with van der Waals surface area (Å²) < 4.78 is 0. The van der Waals surface area contributed by atoms with Gasteiger partial charge < -0.3 is 48.1 Å². The molecule has 326 valence electrons. The zero-order chi connectivity index (χ0) is 44.9. The highest BCUT2D eigenvalue weighted by Crippen LogP contribution is 2.11. The van der Waals surface area contributed by atoms with Crippen LogP contribution in [0.25, 0.3) is 0 Å². The Bertz CT molecular complexity index is 1840. The second kappa shape index (κ2) is 25.0. The highest BCUT2D eigenvalue weighted by Gasteiger charge is 2.33. The van der Waals surface area contributed by atoms with Crippen LogP contribution in [0.4, 0.5) is 0 Å². The molecule has 0 spiro atoms. The van der Waals surface area contributed by atoms with Gasteiger partial charge in [0.15, 0.2) is 0 Å². The largest absolute Gasteiger partial charge is 0.480 e. The lowest BCUT2D eigenvalue weighted by atomic mass is 9.98. The number of aliphatic carboxylic acids is 1. The SMILES string of the molecule is CC(C)C[C@H](NC(=O)[C@H](Cc1ccccc1)NC(=O)/C=C/C(=O)NCC(=O)NCC(=O)N[C@@H](Cc1ccccc1)C(=O)O)C(=O)N[C@H](C(=O)N[C@H](C(N)=O)C(C)C)C(C)C. The number of carbonyl (C=O) groups is 9. The Hall–Kier alpha value is -6.59. The molecule has 10 N–H and O–H groups in total. The summed E-state index contributed by atoms with van der Waals surface area (Å²) in [4.78, 5) is 114. The second-order valence-electron chi connectivity index (χ2n) is 15.3. The first-order valence-electron chi connectivity index (χ1n) is 19.6. The summed E-state index contributed by atoms with van der Waals surface area (Å²) in [7, 11) is 0. The zero-order valence-electron chi connectivity index (χ0n) is 34.8. The summed E-state index contributed by atoms with van der Waals surface area (Å²) in [6.45, 7) is 9.38. The molecule has 0 saturated carbocycles. The molecule has 2 rings (SSSR count). The van der Waals surface area contributed by atoms with Crippen LogP contribution in [-0.2, 0) is 56.0 Å². The average molecular weight is 835 g/mol. The monoisotopic (exact) mass is 834 g/mol. The van der Waals surface area contributed by atoms with Gasteiger partial charge in [-0.2, -0.15) is 0 Å². The average Bonchev–Trinajstić information content (AvgIpc) is 3.18. The van der Waals surface area contributed by atoms with Crippen LogP contribution in [-0.4, -0.2) is 102 Å². The number of carboxylic acid groups (broad SMARTS) is 1. The van der Waals surface area contributed by atoms with E-state index in [1.165, 1.54) is 0 Å². The van der Waals surface area contributed by atoms with Crippen LogP contribution in [0.5, 0.6) is 0 Å². The molecule has 2 aromatic rings. The molecule has 0 unspecified atom stereocenters. The number of benzene rings is 2. The van der Waals surface area contributed by atoms with E-state index in [0.717, 1.165) is 12.2 Å². The molecule has 0 radical (unpaired) electrons. The highest BCUT2D eigenvalue weighted by atomic mass is 16.4. The van der Waals surface area contributed by atoms with Gasteiger partial charge in [-0.05, 0) is 35.3 Å². The van der Waals surface area contributed by atoms with E-state index in [9.17, 15) is 48.3 Å². The van der Waals surface area contributed by atoms with Gasteiger partial charge in [-0.25, -0.2) is 4.79 Å². The molecule has 18 heteroatoms. The van der Waals surface area contributed by atoms with E-state index in [0.29, 0.717) is 11.1 Å². The van der Waals surface area contributed by atoms with Crippen LogP contribution in [0.1, 0.15) is 59.1 Å². The van der Waals surface area contributed by atoms with Gasteiger partial charge in [-0.3, -0.25) is 38.4 Å². The van der Waals surface area contributed by atoms with Gasteiger partial charge in [0.25, 0.3) is 0 Å². The third-order valence-corrected chi connectivity index (χ3v) is 8.94. The van der Waals surface area contributed by atoms with Crippen LogP contribution in [0.15, 0.2) is 72.8 Å². The van der Waals surface area contributed by atoms with E-state index < -0.39 is 102 Å². The number of carboxylic acids is 1. The van der Waals surface area contributed by atoms with E-state index in [1.54, 1.807) is 88.4 Å². The summed E-state index contributed by atoms with van der Waals surface area (Å²) in [5.41, 5.74) is 6.83. The van der Waals surface area contributed by atoms with Gasteiger partial charge >= 0.3 is 5.97 Å². The molecule has 0 aliphatic rings. The summed E-state index contributed by atoms with van der Waals surface area (Å²) in [6.07, 6.45) is 1.89. The molecular formula is C42H58N8O10. The number of nitrogens with two attached hydrogens (primary N) is 1. The van der Waals surface area contributed by atoms with Crippen molar-refractivity contribution in [3.63, 3.8) is 0 Å². The zero-order valence-corrected chi connectivity index (χ0v) is 34.8. The number of nitrogens with one attached hydrogen (secondary N) is 7. The molecule has 0 fully saturated rings. The molecule has 8 amide bonds. The van der Waals surface area contributed by atoms with E-state index in [2.05, 4.69) is 37.2 Å². The van der Waals surface area contributed by atoms with Crippen molar-refractivity contribution in [2.75, 3.05) is 13.1 Å². The molecular weight excluding hydrogens is 777 g/mol. The Kier molecular flexibility index (Phi) is 20.7. The number of primary amides is 1. The van der Waals surface area contributed by atoms with Crippen molar-refractivity contribution in [2.24, 2.45) is 23.5 Å². The molecule has 0 saturated heterocycles. The van der Waals surface area contributed by atoms with Crippen molar-refractivity contribution in [1.29, 1.82) is 0 Å². The molecule has 60 heavy (non-hydrogen) atoms. The highest BCUT2D eigenvalue weighted by molar-refractivity contribution is 6.00. The summed E-state index contributed by atoms with van der Waals surface area (Å²) in [5, 5.41) is 26.9. The van der Waals surface area contributed by atoms with Crippen LogP contribution in [0, 0.1) is 17.8 Å². The number of hydrogen-bond donors (Lipinski definition) is 9. The van der Waals surface area contributed by atoms with Crippen molar-refractivity contribution in [3.05, 3.63) is 83.9 Å². The van der Waals surface area contributed by atoms with Gasteiger partial charge in [-0.15, -0.1) is 0 Å². The standard InChI is InChI=1S/C42H58N8O10/c1-24(2)19-29(40(57)50-37(26(5)6)41(58)49-36(25(3)4)38(43)55)48-39(56)30(20-27-13-9-7-10-14-27)46-33(52)18-17-32(51)44-22-34(53)45-23-35(54)47-31(42(59)60)21-28-15-11-8-12-16-28/h7-18,24-26,29-31,36-37H,19-23H2,1-6H3,(H2,43,55)(H,44,51)(H,45,53)(H,46,52)(H,47,54)(H,48,56)(H,49,58)(H,50,57)(H,59,60)/b18-17+/t29-,30-,31-,36-,37-/m0/s1. The molecule has 0 bridgehead atoms. The third-order valence-electron chi connectivity index (χ3n) is 8.94. The maximum atomic E-state index is 13.8. The minimum atomic E-state index is -1.26. The summed E-state index contributed by atoms with van der Waals surface area (Å²) >= 11 is 0. The van der Waals surface area contributed by atoms with Crippen molar-refractivity contribution < 1.29 is 48.3 Å². The molecule has 5 atom stereocenters. The Morgan fingerprint density at radius 2 is 1.03 bits per heavy atom. The number of rotatable bonds is 24. The Labute approximate surface area is 349 Å². The van der Waals surface area contributed by atoms with E-state index in [1.807, 2.05) is 13.8 Å². The number of carbonyl (C=O) groups excluding carboxylic acids is 8. The fourth-order valence-electron chi connectivity index (χ4n) is 5.77. The smallest absolute Gasteiger partial charge is 0.326 e. The molecule has 18 nitrogen and oxygen atoms in total. The van der Waals surface area contributed by atoms with Crippen LogP contribution >= 0.6 is 0 Å². The fourth-order valence-corrected chi connectivity index (χ4v) is 5.77. The van der Waals surface area contributed by atoms with Crippen LogP contribution < -0.4 is 43.0 Å². The number of amides is 8. The second-order valence-corrected chi connectivity index (χ2v) is 15.3. The van der Waals surface area contributed by atoms with Crippen molar-refractivity contribution in [1.82, 2.24) is 37.2 Å². The van der Waals surface area contributed by atoms with Crippen molar-refractivity contribution >= 4 is 53.2 Å². The topological polar surface area (TPSA) is 284 Å². The predicted molar refractivity (Wildman–Crippen MR) is 221 cm³/mol. The van der Waals surface area contributed by atoms with Crippen molar-refractivity contribution in [3.8, 4) is 0 Å².